The number of likely N-dealkylation sites (N-methyl/N-ethyl adjacent to an activating group) is 1. The lowest BCUT2D eigenvalue weighted by Crippen LogP contribution is -2.39. The van der Waals surface area contributed by atoms with Crippen molar-refractivity contribution in [3.63, 3.8) is 0 Å². The molecule has 0 aromatic heterocycles. The van der Waals surface area contributed by atoms with Crippen molar-refractivity contribution in [2.75, 3.05) is 6.54 Å². The van der Waals surface area contributed by atoms with Crippen LogP contribution in [0.4, 0.5) is 0 Å². The lowest BCUT2D eigenvalue weighted by atomic mass is 9.87. The third kappa shape index (κ3) is 3.33. The summed E-state index contributed by atoms with van der Waals surface area (Å²) in [6.07, 6.45) is -0.439. The minimum absolute atomic E-state index is 0.107. The maximum atomic E-state index is 10.7. The van der Waals surface area contributed by atoms with Gasteiger partial charge in [-0.2, -0.15) is 0 Å². The van der Waals surface area contributed by atoms with Crippen LogP contribution in [0.25, 0.3) is 0 Å². The maximum Gasteiger partial charge on any atom is 0.0950 e. The van der Waals surface area contributed by atoms with Crippen molar-refractivity contribution in [1.29, 1.82) is 0 Å². The number of benzene rings is 1. The number of aliphatic hydroxyl groups excluding tert-OH is 1. The number of aliphatic hydroxyl groups is 1. The van der Waals surface area contributed by atoms with Gasteiger partial charge >= 0.3 is 0 Å². The molecule has 0 fully saturated rings. The van der Waals surface area contributed by atoms with Crippen molar-refractivity contribution in [2.45, 2.75) is 53.7 Å². The van der Waals surface area contributed by atoms with Gasteiger partial charge in [0, 0.05) is 6.04 Å². The van der Waals surface area contributed by atoms with Crippen molar-refractivity contribution in [3.05, 3.63) is 34.4 Å². The number of aryl methyl sites for hydroxylation is 3. The van der Waals surface area contributed by atoms with E-state index in [-0.39, 0.29) is 6.04 Å². The molecule has 2 unspecified atom stereocenters. The third-order valence-corrected chi connectivity index (χ3v) is 3.53. The summed E-state index contributed by atoms with van der Waals surface area (Å²) in [7, 11) is 0. The first kappa shape index (κ1) is 15.2. The standard InChI is InChI=1S/C16H27NO/c1-7-17-15(10(2)3)16(18)14-12(5)8-11(4)9-13(14)6/h8-10,15-18H,7H2,1-6H3. The van der Waals surface area contributed by atoms with E-state index in [0.29, 0.717) is 5.92 Å². The van der Waals surface area contributed by atoms with Crippen LogP contribution >= 0.6 is 0 Å². The Morgan fingerprint density at radius 1 is 1.11 bits per heavy atom. The highest BCUT2D eigenvalue weighted by atomic mass is 16.3. The molecule has 0 saturated heterocycles. The number of rotatable bonds is 5. The highest BCUT2D eigenvalue weighted by molar-refractivity contribution is 5.39. The van der Waals surface area contributed by atoms with Gasteiger partial charge < -0.3 is 10.4 Å². The van der Waals surface area contributed by atoms with E-state index in [1.54, 1.807) is 0 Å². The Labute approximate surface area is 111 Å². The molecule has 2 N–H and O–H groups in total. The quantitative estimate of drug-likeness (QED) is 0.839. The largest absolute Gasteiger partial charge is 0.387 e. The van der Waals surface area contributed by atoms with Gasteiger partial charge in [0.15, 0.2) is 0 Å². The molecule has 0 aliphatic heterocycles. The summed E-state index contributed by atoms with van der Waals surface area (Å²) >= 11 is 0. The first-order valence-electron chi connectivity index (χ1n) is 6.87. The van der Waals surface area contributed by atoms with Crippen molar-refractivity contribution in [1.82, 2.24) is 5.32 Å². The van der Waals surface area contributed by atoms with Crippen LogP contribution in [0.15, 0.2) is 12.1 Å². The molecule has 2 atom stereocenters. The van der Waals surface area contributed by atoms with Crippen LogP contribution in [0.3, 0.4) is 0 Å². The van der Waals surface area contributed by atoms with Crippen LogP contribution in [-0.4, -0.2) is 17.7 Å². The topological polar surface area (TPSA) is 32.3 Å². The summed E-state index contributed by atoms with van der Waals surface area (Å²) < 4.78 is 0. The highest BCUT2D eigenvalue weighted by Crippen LogP contribution is 2.28. The predicted octanol–water partition coefficient (Wildman–Crippen LogP) is 3.28. The second kappa shape index (κ2) is 6.35. The molecule has 18 heavy (non-hydrogen) atoms. The van der Waals surface area contributed by atoms with Crippen LogP contribution in [0.2, 0.25) is 0 Å². The smallest absolute Gasteiger partial charge is 0.0950 e. The van der Waals surface area contributed by atoms with Crippen LogP contribution < -0.4 is 5.32 Å². The second-order valence-electron chi connectivity index (χ2n) is 5.58. The van der Waals surface area contributed by atoms with E-state index < -0.39 is 6.10 Å². The molecule has 0 radical (unpaired) electrons. The lowest BCUT2D eigenvalue weighted by Gasteiger charge is -2.29. The Hall–Kier alpha value is -0.860. The van der Waals surface area contributed by atoms with Gasteiger partial charge in [-0.25, -0.2) is 0 Å². The first-order chi connectivity index (χ1) is 8.38. The number of hydrogen-bond acceptors (Lipinski definition) is 2. The minimum Gasteiger partial charge on any atom is -0.387 e. The molecule has 2 heteroatoms. The highest BCUT2D eigenvalue weighted by Gasteiger charge is 2.25. The number of nitrogens with one attached hydrogen (secondary N) is 1. The van der Waals surface area contributed by atoms with Gasteiger partial charge in [0.05, 0.1) is 6.10 Å². The van der Waals surface area contributed by atoms with Crippen LogP contribution in [-0.2, 0) is 0 Å². The van der Waals surface area contributed by atoms with Crippen LogP contribution in [0.5, 0.6) is 0 Å². The van der Waals surface area contributed by atoms with E-state index in [1.165, 1.54) is 16.7 Å². The van der Waals surface area contributed by atoms with Gasteiger partial charge in [0.2, 0.25) is 0 Å². The molecule has 0 aliphatic rings. The Morgan fingerprint density at radius 2 is 1.61 bits per heavy atom. The second-order valence-corrected chi connectivity index (χ2v) is 5.58. The van der Waals surface area contributed by atoms with E-state index in [9.17, 15) is 5.11 Å². The maximum absolute atomic E-state index is 10.7. The molecule has 0 heterocycles. The Morgan fingerprint density at radius 3 is 2.00 bits per heavy atom. The molecule has 1 aromatic rings. The molecule has 0 saturated carbocycles. The van der Waals surface area contributed by atoms with Gasteiger partial charge in [-0.15, -0.1) is 0 Å². The summed E-state index contributed by atoms with van der Waals surface area (Å²) in [5.74, 6) is 0.403. The molecule has 0 aliphatic carbocycles. The zero-order valence-electron chi connectivity index (χ0n) is 12.5. The fraction of sp³-hybridized carbons (Fsp3) is 0.625. The van der Waals surface area contributed by atoms with Gasteiger partial charge in [0.25, 0.3) is 0 Å². The molecule has 2 nitrogen and oxygen atoms in total. The van der Waals surface area contributed by atoms with Crippen molar-refractivity contribution >= 4 is 0 Å². The SMILES string of the molecule is CCNC(C(C)C)C(O)c1c(C)cc(C)cc1C. The fourth-order valence-corrected chi connectivity index (χ4v) is 2.78. The van der Waals surface area contributed by atoms with Gasteiger partial charge in [-0.3, -0.25) is 0 Å². The average molecular weight is 249 g/mol. The summed E-state index contributed by atoms with van der Waals surface area (Å²) in [6.45, 7) is 13.5. The summed E-state index contributed by atoms with van der Waals surface area (Å²) in [5, 5.41) is 14.1. The Balaban J connectivity index is 3.12. The van der Waals surface area contributed by atoms with Crippen LogP contribution in [0.1, 0.15) is 49.1 Å². The molecule has 0 bridgehead atoms. The van der Waals surface area contributed by atoms with Gasteiger partial charge in [-0.1, -0.05) is 38.5 Å². The van der Waals surface area contributed by atoms with Crippen molar-refractivity contribution in [3.8, 4) is 0 Å². The van der Waals surface area contributed by atoms with Gasteiger partial charge in [-0.05, 0) is 49.9 Å². The van der Waals surface area contributed by atoms with E-state index >= 15 is 0 Å². The van der Waals surface area contributed by atoms with E-state index in [1.807, 2.05) is 0 Å². The monoisotopic (exact) mass is 249 g/mol. The van der Waals surface area contributed by atoms with Gasteiger partial charge in [0.1, 0.15) is 0 Å². The molecule has 1 aromatic carbocycles. The molecule has 0 amide bonds. The van der Waals surface area contributed by atoms with Crippen molar-refractivity contribution < 1.29 is 5.11 Å². The fourth-order valence-electron chi connectivity index (χ4n) is 2.78. The minimum atomic E-state index is -0.439. The summed E-state index contributed by atoms with van der Waals surface area (Å²) in [5.41, 5.74) is 4.71. The van der Waals surface area contributed by atoms with Crippen LogP contribution in [0, 0.1) is 26.7 Å². The predicted molar refractivity (Wildman–Crippen MR) is 77.9 cm³/mol. The Bertz CT molecular complexity index is 375. The molecule has 0 spiro atoms. The zero-order chi connectivity index (χ0) is 13.9. The average Bonchev–Trinajstić information content (AvgIpc) is 2.23. The van der Waals surface area contributed by atoms with E-state index in [0.717, 1.165) is 12.1 Å². The summed E-state index contributed by atoms with van der Waals surface area (Å²) in [6, 6.07) is 4.40. The molecule has 1 rings (SSSR count). The molecular formula is C16H27NO. The normalized spacial score (nSPS) is 14.9. The Kier molecular flexibility index (Phi) is 5.36. The third-order valence-electron chi connectivity index (χ3n) is 3.53. The molecular weight excluding hydrogens is 222 g/mol. The van der Waals surface area contributed by atoms with E-state index in [2.05, 4.69) is 59.0 Å². The van der Waals surface area contributed by atoms with E-state index in [4.69, 9.17) is 0 Å². The van der Waals surface area contributed by atoms with Crippen molar-refractivity contribution in [2.24, 2.45) is 5.92 Å². The first-order valence-corrected chi connectivity index (χ1v) is 6.87. The lowest BCUT2D eigenvalue weighted by molar-refractivity contribution is 0.105. The number of hydrogen-bond donors (Lipinski definition) is 2. The zero-order valence-corrected chi connectivity index (χ0v) is 12.5. The molecule has 102 valence electrons. The summed E-state index contributed by atoms with van der Waals surface area (Å²) in [4.78, 5) is 0.